The molecule has 6 heteroatoms. The highest BCUT2D eigenvalue weighted by Crippen LogP contribution is 2.24. The average Bonchev–Trinajstić information content (AvgIpc) is 2.69. The normalized spacial score (nSPS) is 16.4. The largest absolute Gasteiger partial charge is 0.325 e. The number of likely N-dealkylation sites (tertiary alicyclic amines) is 1. The first-order valence-corrected chi connectivity index (χ1v) is 11.2. The van der Waals surface area contributed by atoms with E-state index in [1.165, 1.54) is 32.4 Å². The van der Waals surface area contributed by atoms with Crippen molar-refractivity contribution in [2.45, 2.75) is 24.4 Å². The molecule has 3 aromatic rings. The first kappa shape index (κ1) is 19.5. The first-order chi connectivity index (χ1) is 13.6. The van der Waals surface area contributed by atoms with Gasteiger partial charge in [0.25, 0.3) is 5.56 Å². The summed E-state index contributed by atoms with van der Waals surface area (Å²) in [6.45, 7) is 3.57. The van der Waals surface area contributed by atoms with Gasteiger partial charge in [0.2, 0.25) is 0 Å². The molecule has 0 saturated carbocycles. The zero-order valence-electron chi connectivity index (χ0n) is 16.1. The first-order valence-electron chi connectivity index (χ1n) is 9.80. The van der Waals surface area contributed by atoms with Crippen LogP contribution in [0.3, 0.4) is 0 Å². The van der Waals surface area contributed by atoms with E-state index in [9.17, 15) is 4.79 Å². The highest BCUT2D eigenvalue weighted by Gasteiger charge is 2.24. The Kier molecular flexibility index (Phi) is 5.76. The fourth-order valence-corrected chi connectivity index (χ4v) is 5.26. The zero-order chi connectivity index (χ0) is 19.6. The molecule has 0 amide bonds. The van der Waals surface area contributed by atoms with Gasteiger partial charge in [0.05, 0.1) is 49.0 Å². The predicted molar refractivity (Wildman–Crippen MR) is 118 cm³/mol. The number of piperidine rings is 1. The Bertz CT molecular complexity index is 1030. The van der Waals surface area contributed by atoms with E-state index in [1.807, 2.05) is 30.3 Å². The van der Waals surface area contributed by atoms with Crippen molar-refractivity contribution in [1.29, 1.82) is 0 Å². The van der Waals surface area contributed by atoms with E-state index in [0.717, 1.165) is 27.6 Å². The lowest BCUT2D eigenvalue weighted by Gasteiger charge is -2.37. The third kappa shape index (κ3) is 4.12. The van der Waals surface area contributed by atoms with Crippen LogP contribution in [-0.4, -0.2) is 46.5 Å². The molecule has 0 atom stereocenters. The maximum atomic E-state index is 13.3. The van der Waals surface area contributed by atoms with E-state index < -0.39 is 0 Å². The number of fused-ring (bicyclic) bond motifs is 1. The molecule has 0 radical (unpaired) electrons. The molecule has 1 aromatic heterocycles. The number of rotatable bonds is 5. The summed E-state index contributed by atoms with van der Waals surface area (Å²) in [4.78, 5) is 18.1. The molecule has 4 nitrogen and oxygen atoms in total. The van der Waals surface area contributed by atoms with Crippen LogP contribution in [-0.2, 0) is 0 Å². The second kappa shape index (κ2) is 8.27. The van der Waals surface area contributed by atoms with Crippen molar-refractivity contribution in [1.82, 2.24) is 9.55 Å². The Labute approximate surface area is 174 Å². The molecule has 0 aliphatic carbocycles. The summed E-state index contributed by atoms with van der Waals surface area (Å²) in [6, 6.07) is 15.0. The summed E-state index contributed by atoms with van der Waals surface area (Å²) in [5, 5.41) is 1.92. The molecule has 0 N–H and O–H groups in total. The zero-order valence-corrected chi connectivity index (χ0v) is 17.7. The molecular weight excluding hydrogens is 390 g/mol. The monoisotopic (exact) mass is 414 g/mol. The van der Waals surface area contributed by atoms with Crippen LogP contribution in [0.5, 0.6) is 0 Å². The van der Waals surface area contributed by atoms with Crippen molar-refractivity contribution in [2.75, 3.05) is 32.4 Å². The summed E-state index contributed by atoms with van der Waals surface area (Å²) in [6.07, 6.45) is 3.97. The fraction of sp³-hybridized carbons (Fsp3) is 0.364. The summed E-state index contributed by atoms with van der Waals surface area (Å²) >= 11 is 7.81. The van der Waals surface area contributed by atoms with Gasteiger partial charge in [-0.15, -0.1) is 0 Å². The summed E-state index contributed by atoms with van der Waals surface area (Å²) in [5.74, 6) is 0.932. The summed E-state index contributed by atoms with van der Waals surface area (Å²) < 4.78 is 2.85. The number of aromatic nitrogens is 2. The fourth-order valence-electron chi connectivity index (χ4n) is 3.90. The molecule has 0 spiro atoms. The second-order valence-corrected chi connectivity index (χ2v) is 9.23. The van der Waals surface area contributed by atoms with Crippen molar-refractivity contribution >= 4 is 34.3 Å². The molecule has 1 fully saturated rings. The predicted octanol–water partition coefficient (Wildman–Crippen LogP) is 4.76. The van der Waals surface area contributed by atoms with Crippen LogP contribution in [0.25, 0.3) is 16.6 Å². The maximum absolute atomic E-state index is 13.3. The van der Waals surface area contributed by atoms with Crippen molar-refractivity contribution < 1.29 is 4.48 Å². The van der Waals surface area contributed by atoms with Gasteiger partial charge in [0.15, 0.2) is 5.16 Å². The number of hydrogen-bond acceptors (Lipinski definition) is 3. The van der Waals surface area contributed by atoms with Gasteiger partial charge in [-0.25, -0.2) is 4.98 Å². The van der Waals surface area contributed by atoms with Crippen LogP contribution in [0, 0.1) is 0 Å². The topological polar surface area (TPSA) is 34.9 Å². The molecule has 2 heterocycles. The van der Waals surface area contributed by atoms with Gasteiger partial charge in [0, 0.05) is 5.02 Å². The molecule has 146 valence electrons. The smallest absolute Gasteiger partial charge is 0.266 e. The molecule has 4 rings (SSSR count). The van der Waals surface area contributed by atoms with E-state index in [2.05, 4.69) is 7.05 Å². The molecule has 2 aromatic carbocycles. The van der Waals surface area contributed by atoms with Crippen LogP contribution < -0.4 is 5.56 Å². The number of thioether (sulfide) groups is 1. The number of benzene rings is 2. The molecule has 1 aliphatic heterocycles. The van der Waals surface area contributed by atoms with Crippen LogP contribution in [0.15, 0.2) is 58.5 Å². The van der Waals surface area contributed by atoms with Crippen molar-refractivity contribution in [3.05, 3.63) is 63.9 Å². The second-order valence-electron chi connectivity index (χ2n) is 7.73. The Morgan fingerprint density at radius 3 is 2.61 bits per heavy atom. The molecule has 0 unspecified atom stereocenters. The van der Waals surface area contributed by atoms with Gasteiger partial charge < -0.3 is 4.48 Å². The summed E-state index contributed by atoms with van der Waals surface area (Å²) in [7, 11) is 2.34. The standard InChI is InChI=1S/C22H25ClN3OS/c1-26(12-6-3-7-13-26)14-15-28-22-24-20-16-17(23)10-11-19(20)21(27)25(22)18-8-4-2-5-9-18/h2,4-5,8-11,16H,3,6-7,12-15H2,1H3/q+1. The minimum absolute atomic E-state index is 0.0475. The van der Waals surface area contributed by atoms with Gasteiger partial charge in [-0.2, -0.15) is 0 Å². The highest BCUT2D eigenvalue weighted by atomic mass is 35.5. The van der Waals surface area contributed by atoms with Crippen LogP contribution in [0.2, 0.25) is 5.02 Å². The van der Waals surface area contributed by atoms with Gasteiger partial charge in [-0.3, -0.25) is 9.36 Å². The molecule has 1 aliphatic rings. The molecular formula is C22H25ClN3OS+. The van der Waals surface area contributed by atoms with Crippen LogP contribution >= 0.6 is 23.4 Å². The van der Waals surface area contributed by atoms with E-state index in [1.54, 1.807) is 34.5 Å². The Balaban J connectivity index is 1.70. The summed E-state index contributed by atoms with van der Waals surface area (Å²) in [5.41, 5.74) is 1.46. The lowest BCUT2D eigenvalue weighted by Crippen LogP contribution is -2.49. The number of hydrogen-bond donors (Lipinski definition) is 0. The number of quaternary nitrogens is 1. The Morgan fingerprint density at radius 2 is 1.86 bits per heavy atom. The van der Waals surface area contributed by atoms with E-state index in [0.29, 0.717) is 15.9 Å². The van der Waals surface area contributed by atoms with Crippen molar-refractivity contribution in [2.24, 2.45) is 0 Å². The van der Waals surface area contributed by atoms with Crippen molar-refractivity contribution in [3.63, 3.8) is 0 Å². The number of para-hydroxylation sites is 1. The van der Waals surface area contributed by atoms with Gasteiger partial charge in [-0.05, 0) is 49.6 Å². The van der Waals surface area contributed by atoms with Gasteiger partial charge in [0.1, 0.15) is 0 Å². The minimum Gasteiger partial charge on any atom is -0.325 e. The van der Waals surface area contributed by atoms with Crippen molar-refractivity contribution in [3.8, 4) is 5.69 Å². The van der Waals surface area contributed by atoms with Crippen LogP contribution in [0.1, 0.15) is 19.3 Å². The van der Waals surface area contributed by atoms with Crippen LogP contribution in [0.4, 0.5) is 0 Å². The maximum Gasteiger partial charge on any atom is 0.266 e. The third-order valence-corrected chi connectivity index (χ3v) is 6.73. The average molecular weight is 415 g/mol. The SMILES string of the molecule is C[N+]1(CCSc2nc3cc(Cl)ccc3c(=O)n2-c2ccccc2)CCCCC1. The minimum atomic E-state index is -0.0475. The number of nitrogens with zero attached hydrogens (tertiary/aromatic N) is 3. The lowest BCUT2D eigenvalue weighted by molar-refractivity contribution is -0.911. The Hall–Kier alpha value is -1.82. The lowest BCUT2D eigenvalue weighted by atomic mass is 10.1. The quantitative estimate of drug-likeness (QED) is 0.343. The Morgan fingerprint density at radius 1 is 1.11 bits per heavy atom. The molecule has 1 saturated heterocycles. The highest BCUT2D eigenvalue weighted by molar-refractivity contribution is 7.99. The van der Waals surface area contributed by atoms with E-state index in [-0.39, 0.29) is 5.56 Å². The van der Waals surface area contributed by atoms with E-state index in [4.69, 9.17) is 16.6 Å². The number of halogens is 1. The van der Waals surface area contributed by atoms with E-state index >= 15 is 0 Å². The molecule has 28 heavy (non-hydrogen) atoms. The molecule has 0 bridgehead atoms. The van der Waals surface area contributed by atoms with Gasteiger partial charge in [-0.1, -0.05) is 41.6 Å². The van der Waals surface area contributed by atoms with Gasteiger partial charge >= 0.3 is 0 Å². The third-order valence-electron chi connectivity index (χ3n) is 5.57.